The summed E-state index contributed by atoms with van der Waals surface area (Å²) in [7, 11) is 0. The Kier molecular flexibility index (Phi) is 4.86. The molecule has 0 atom stereocenters. The van der Waals surface area contributed by atoms with Crippen molar-refractivity contribution in [3.05, 3.63) is 11.8 Å². The first kappa shape index (κ1) is 13.4. The van der Waals surface area contributed by atoms with Gasteiger partial charge in [0.2, 0.25) is 5.88 Å². The maximum absolute atomic E-state index is 12.0. The molecule has 0 aliphatic carbocycles. The molecule has 0 radical (unpaired) electrons. The average Bonchev–Trinajstić information content (AvgIpc) is 2.69. The summed E-state index contributed by atoms with van der Waals surface area (Å²) in [5.74, 6) is -0.461. The second-order valence-corrected chi connectivity index (χ2v) is 3.11. The minimum absolute atomic E-state index is 0.0537. The van der Waals surface area contributed by atoms with E-state index in [0.29, 0.717) is 6.54 Å². The van der Waals surface area contributed by atoms with Crippen LogP contribution in [-0.4, -0.2) is 35.4 Å². The highest BCUT2D eigenvalue weighted by Crippen LogP contribution is 2.15. The van der Waals surface area contributed by atoms with Crippen LogP contribution in [0.2, 0.25) is 0 Å². The quantitative estimate of drug-likeness (QED) is 0.719. The van der Waals surface area contributed by atoms with E-state index in [0.717, 1.165) is 0 Å². The normalized spacial score (nSPS) is 10.6. The van der Waals surface area contributed by atoms with Gasteiger partial charge in [-0.15, -0.1) is 0 Å². The molecule has 1 aromatic heterocycles. The molecule has 0 unspecified atom stereocenters. The predicted molar refractivity (Wildman–Crippen MR) is 55.4 cm³/mol. The predicted octanol–water partition coefficient (Wildman–Crippen LogP) is 1.72. The van der Waals surface area contributed by atoms with Crippen LogP contribution in [-0.2, 0) is 11.3 Å². The molecular formula is C10H14F2N2O3. The fraction of sp³-hybridized carbons (Fsp3) is 0.600. The van der Waals surface area contributed by atoms with Crippen molar-refractivity contribution in [3.63, 3.8) is 0 Å². The first-order valence-electron chi connectivity index (χ1n) is 5.24. The Balaban J connectivity index is 2.79. The van der Waals surface area contributed by atoms with Crippen LogP contribution in [0.1, 0.15) is 24.3 Å². The van der Waals surface area contributed by atoms with Crippen LogP contribution >= 0.6 is 0 Å². The zero-order valence-corrected chi connectivity index (χ0v) is 9.65. The first-order chi connectivity index (χ1) is 8.08. The number of nitrogens with zero attached hydrogens (tertiary/aromatic N) is 2. The lowest BCUT2D eigenvalue weighted by Crippen LogP contribution is -2.10. The number of rotatable bonds is 6. The molecule has 0 aliphatic heterocycles. The Labute approximate surface area is 97.3 Å². The van der Waals surface area contributed by atoms with Crippen molar-refractivity contribution in [3.8, 4) is 5.88 Å². The van der Waals surface area contributed by atoms with E-state index in [1.807, 2.05) is 0 Å². The largest absolute Gasteiger partial charge is 0.472 e. The second-order valence-electron chi connectivity index (χ2n) is 3.11. The minimum atomic E-state index is -2.57. The van der Waals surface area contributed by atoms with Crippen LogP contribution in [0.5, 0.6) is 5.88 Å². The van der Waals surface area contributed by atoms with Gasteiger partial charge in [0.15, 0.2) is 12.3 Å². The van der Waals surface area contributed by atoms with Crippen molar-refractivity contribution in [2.75, 3.05) is 13.2 Å². The first-order valence-corrected chi connectivity index (χ1v) is 5.24. The maximum Gasteiger partial charge on any atom is 0.358 e. The number of halogens is 2. The smallest absolute Gasteiger partial charge is 0.358 e. The molecule has 0 saturated heterocycles. The Morgan fingerprint density at radius 2 is 2.24 bits per heavy atom. The maximum atomic E-state index is 12.0. The van der Waals surface area contributed by atoms with Crippen molar-refractivity contribution in [2.45, 2.75) is 26.8 Å². The topological polar surface area (TPSA) is 53.4 Å². The Bertz CT molecular complexity index is 380. The van der Waals surface area contributed by atoms with Crippen LogP contribution in [0.3, 0.4) is 0 Å². The van der Waals surface area contributed by atoms with Gasteiger partial charge in [0, 0.05) is 12.6 Å². The number of hydrogen-bond donors (Lipinski definition) is 0. The van der Waals surface area contributed by atoms with Gasteiger partial charge in [-0.1, -0.05) is 0 Å². The number of carbonyl (C=O) groups excluding carboxylic acids is 1. The lowest BCUT2D eigenvalue weighted by molar-refractivity contribution is 0.0518. The number of carbonyl (C=O) groups is 1. The number of hydrogen-bond acceptors (Lipinski definition) is 4. The third-order valence-electron chi connectivity index (χ3n) is 1.88. The Morgan fingerprint density at radius 1 is 1.53 bits per heavy atom. The van der Waals surface area contributed by atoms with Crippen molar-refractivity contribution < 1.29 is 23.0 Å². The Morgan fingerprint density at radius 3 is 2.76 bits per heavy atom. The van der Waals surface area contributed by atoms with Gasteiger partial charge >= 0.3 is 5.97 Å². The van der Waals surface area contributed by atoms with Crippen molar-refractivity contribution in [1.82, 2.24) is 9.78 Å². The van der Waals surface area contributed by atoms with Crippen molar-refractivity contribution in [1.29, 1.82) is 0 Å². The van der Waals surface area contributed by atoms with Gasteiger partial charge in [0.1, 0.15) is 0 Å². The second kappa shape index (κ2) is 6.17. The van der Waals surface area contributed by atoms with Gasteiger partial charge in [0.25, 0.3) is 6.43 Å². The molecule has 96 valence electrons. The lowest BCUT2D eigenvalue weighted by Gasteiger charge is -2.05. The third kappa shape index (κ3) is 3.69. The van der Waals surface area contributed by atoms with Gasteiger partial charge in [0.05, 0.1) is 6.61 Å². The number of alkyl halides is 2. The summed E-state index contributed by atoms with van der Waals surface area (Å²) in [5, 5.41) is 3.90. The molecule has 17 heavy (non-hydrogen) atoms. The SMILES string of the molecule is CCOC(=O)c1cc(OCC(F)F)n(CC)n1. The number of ether oxygens (including phenoxy) is 2. The van der Waals surface area contributed by atoms with Gasteiger partial charge in [-0.25, -0.2) is 18.3 Å². The fourth-order valence-corrected chi connectivity index (χ4v) is 1.20. The highest BCUT2D eigenvalue weighted by Gasteiger charge is 2.16. The molecule has 5 nitrogen and oxygen atoms in total. The molecule has 1 heterocycles. The van der Waals surface area contributed by atoms with E-state index in [1.54, 1.807) is 13.8 Å². The highest BCUT2D eigenvalue weighted by atomic mass is 19.3. The van der Waals surface area contributed by atoms with E-state index < -0.39 is 19.0 Å². The molecule has 0 aliphatic rings. The zero-order chi connectivity index (χ0) is 12.8. The van der Waals surface area contributed by atoms with E-state index in [2.05, 4.69) is 5.10 Å². The molecule has 0 spiro atoms. The van der Waals surface area contributed by atoms with E-state index in [-0.39, 0.29) is 18.2 Å². The number of aryl methyl sites for hydroxylation is 1. The molecule has 0 N–H and O–H groups in total. The summed E-state index contributed by atoms with van der Waals surface area (Å²) in [6, 6.07) is 1.30. The summed E-state index contributed by atoms with van der Waals surface area (Å²) < 4.78 is 34.9. The molecule has 1 aromatic rings. The van der Waals surface area contributed by atoms with Gasteiger partial charge in [-0.2, -0.15) is 5.10 Å². The summed E-state index contributed by atoms with van der Waals surface area (Å²) in [6.07, 6.45) is -2.57. The number of aromatic nitrogens is 2. The lowest BCUT2D eigenvalue weighted by atomic mass is 10.4. The summed E-state index contributed by atoms with van der Waals surface area (Å²) >= 11 is 0. The van der Waals surface area contributed by atoms with Gasteiger partial charge in [-0.3, -0.25) is 0 Å². The minimum Gasteiger partial charge on any atom is -0.472 e. The van der Waals surface area contributed by atoms with Gasteiger partial charge < -0.3 is 9.47 Å². The van der Waals surface area contributed by atoms with Crippen LogP contribution < -0.4 is 4.74 Å². The highest BCUT2D eigenvalue weighted by molar-refractivity contribution is 5.87. The molecule has 1 rings (SSSR count). The van der Waals surface area contributed by atoms with Gasteiger partial charge in [-0.05, 0) is 13.8 Å². The summed E-state index contributed by atoms with van der Waals surface area (Å²) in [5.41, 5.74) is 0.0537. The zero-order valence-electron chi connectivity index (χ0n) is 9.65. The number of esters is 1. The Hall–Kier alpha value is -1.66. The fourth-order valence-electron chi connectivity index (χ4n) is 1.20. The molecule has 0 aromatic carbocycles. The van der Waals surface area contributed by atoms with Crippen LogP contribution in [0, 0.1) is 0 Å². The average molecular weight is 248 g/mol. The third-order valence-corrected chi connectivity index (χ3v) is 1.88. The molecule has 0 bridgehead atoms. The van der Waals surface area contributed by atoms with Crippen LogP contribution in [0.15, 0.2) is 6.07 Å². The standard InChI is InChI=1S/C10H14F2N2O3/c1-3-14-9(17-6-8(11)12)5-7(13-14)10(15)16-4-2/h5,8H,3-4,6H2,1-2H3. The van der Waals surface area contributed by atoms with E-state index in [1.165, 1.54) is 10.7 Å². The van der Waals surface area contributed by atoms with Crippen molar-refractivity contribution in [2.24, 2.45) is 0 Å². The summed E-state index contributed by atoms with van der Waals surface area (Å²) in [4.78, 5) is 11.4. The van der Waals surface area contributed by atoms with E-state index in [9.17, 15) is 13.6 Å². The molecule has 0 fully saturated rings. The van der Waals surface area contributed by atoms with Crippen molar-refractivity contribution >= 4 is 5.97 Å². The van der Waals surface area contributed by atoms with E-state index >= 15 is 0 Å². The summed E-state index contributed by atoms with van der Waals surface area (Å²) in [6.45, 7) is 3.34. The molecular weight excluding hydrogens is 234 g/mol. The van der Waals surface area contributed by atoms with Crippen LogP contribution in [0.25, 0.3) is 0 Å². The monoisotopic (exact) mass is 248 g/mol. The van der Waals surface area contributed by atoms with E-state index in [4.69, 9.17) is 9.47 Å². The van der Waals surface area contributed by atoms with Crippen LogP contribution in [0.4, 0.5) is 8.78 Å². The molecule has 0 amide bonds. The molecule has 0 saturated carbocycles. The molecule has 7 heteroatoms.